The van der Waals surface area contributed by atoms with E-state index >= 15 is 0 Å². The zero-order valence-corrected chi connectivity index (χ0v) is 18.9. The third kappa shape index (κ3) is 4.33. The lowest BCUT2D eigenvalue weighted by atomic mass is 9.84. The molecule has 2 amide bonds. The van der Waals surface area contributed by atoms with Crippen molar-refractivity contribution in [1.29, 1.82) is 0 Å². The van der Waals surface area contributed by atoms with Gasteiger partial charge in [-0.15, -0.1) is 11.3 Å². The molecule has 7 heteroatoms. The maximum absolute atomic E-state index is 12.8. The van der Waals surface area contributed by atoms with E-state index in [4.69, 9.17) is 4.98 Å². The molecule has 2 heterocycles. The second-order valence-corrected chi connectivity index (χ2v) is 10.2. The van der Waals surface area contributed by atoms with Crippen LogP contribution in [0.5, 0.6) is 0 Å². The number of fused-ring (bicyclic) bond motifs is 1. The van der Waals surface area contributed by atoms with Crippen molar-refractivity contribution < 1.29 is 9.59 Å². The minimum Gasteiger partial charge on any atom is -0.345 e. The molecular weight excluding hydrogens is 408 g/mol. The Hall–Kier alpha value is -2.41. The van der Waals surface area contributed by atoms with E-state index in [0.29, 0.717) is 5.91 Å². The molecule has 0 radical (unpaired) electrons. The number of aromatic nitrogens is 1. The van der Waals surface area contributed by atoms with E-state index in [0.717, 1.165) is 80.4 Å². The van der Waals surface area contributed by atoms with E-state index < -0.39 is 0 Å². The maximum Gasteiger partial charge on any atom is 0.227 e. The van der Waals surface area contributed by atoms with Crippen molar-refractivity contribution >= 4 is 34.0 Å². The number of amides is 2. The Bertz CT molecular complexity index is 976. The number of thiazole rings is 1. The average molecular weight is 439 g/mol. The van der Waals surface area contributed by atoms with Gasteiger partial charge in [0.25, 0.3) is 0 Å². The summed E-state index contributed by atoms with van der Waals surface area (Å²) in [5.41, 5.74) is 3.17. The largest absolute Gasteiger partial charge is 0.345 e. The molecule has 1 saturated carbocycles. The molecule has 164 valence electrons. The number of rotatable bonds is 4. The Labute approximate surface area is 187 Å². The Morgan fingerprint density at radius 1 is 1.10 bits per heavy atom. The SMILES string of the molecule is Cc1cccc(NC(=O)[C@H]2CCc3nc(N4CCN(C(=O)C5CCC5)CC4)sc3C2)c1. The summed E-state index contributed by atoms with van der Waals surface area (Å²) in [7, 11) is 0. The van der Waals surface area contributed by atoms with Crippen molar-refractivity contribution in [3.8, 4) is 0 Å². The third-order valence-electron chi connectivity index (χ3n) is 6.90. The first kappa shape index (κ1) is 20.5. The highest BCUT2D eigenvalue weighted by atomic mass is 32.1. The van der Waals surface area contributed by atoms with Crippen LogP contribution in [-0.4, -0.2) is 47.9 Å². The summed E-state index contributed by atoms with van der Waals surface area (Å²) in [6, 6.07) is 7.95. The Morgan fingerprint density at radius 3 is 2.61 bits per heavy atom. The predicted octanol–water partition coefficient (Wildman–Crippen LogP) is 3.64. The molecule has 1 N–H and O–H groups in total. The standard InChI is InChI=1S/C24H30N4O2S/c1-16-4-2-7-19(14-16)25-22(29)18-8-9-20-21(15-18)31-24(26-20)28-12-10-27(11-13-28)23(30)17-5-3-6-17/h2,4,7,14,17-18H,3,5-6,8-13,15H2,1H3,(H,25,29)/t18-/m0/s1. The molecule has 1 aliphatic heterocycles. The molecule has 0 spiro atoms. The smallest absolute Gasteiger partial charge is 0.227 e. The maximum atomic E-state index is 12.8. The third-order valence-corrected chi connectivity index (χ3v) is 8.08. The number of anilines is 2. The Kier molecular flexibility index (Phi) is 5.69. The van der Waals surface area contributed by atoms with Gasteiger partial charge >= 0.3 is 0 Å². The summed E-state index contributed by atoms with van der Waals surface area (Å²) in [5, 5.41) is 4.14. The van der Waals surface area contributed by atoms with Crippen molar-refractivity contribution in [2.45, 2.75) is 45.4 Å². The fraction of sp³-hybridized carbons (Fsp3) is 0.542. The van der Waals surface area contributed by atoms with Gasteiger partial charge in [0.1, 0.15) is 0 Å². The van der Waals surface area contributed by atoms with Crippen molar-refractivity contribution in [2.75, 3.05) is 36.4 Å². The van der Waals surface area contributed by atoms with Crippen LogP contribution < -0.4 is 10.2 Å². The number of piperazine rings is 1. The fourth-order valence-electron chi connectivity index (χ4n) is 4.72. The molecule has 0 bridgehead atoms. The normalized spacial score (nSPS) is 21.4. The molecule has 0 unspecified atom stereocenters. The van der Waals surface area contributed by atoms with Crippen LogP contribution in [0, 0.1) is 18.8 Å². The molecule has 2 fully saturated rings. The minimum absolute atomic E-state index is 0.00161. The first-order chi connectivity index (χ1) is 15.1. The number of hydrogen-bond acceptors (Lipinski definition) is 5. The zero-order valence-electron chi connectivity index (χ0n) is 18.1. The summed E-state index contributed by atoms with van der Waals surface area (Å²) in [4.78, 5) is 35.8. The number of nitrogens with one attached hydrogen (secondary N) is 1. The average Bonchev–Trinajstić information content (AvgIpc) is 3.16. The molecule has 1 aromatic carbocycles. The summed E-state index contributed by atoms with van der Waals surface area (Å²) >= 11 is 1.73. The molecule has 1 saturated heterocycles. The number of hydrogen-bond donors (Lipinski definition) is 1. The highest BCUT2D eigenvalue weighted by Crippen LogP contribution is 2.35. The lowest BCUT2D eigenvalue weighted by Gasteiger charge is -2.38. The lowest BCUT2D eigenvalue weighted by Crippen LogP contribution is -2.51. The molecule has 1 aromatic heterocycles. The molecule has 2 aromatic rings. The Balaban J connectivity index is 1.18. The van der Waals surface area contributed by atoms with Crippen LogP contribution in [0.3, 0.4) is 0 Å². The van der Waals surface area contributed by atoms with Gasteiger partial charge in [-0.25, -0.2) is 4.98 Å². The van der Waals surface area contributed by atoms with Gasteiger partial charge < -0.3 is 15.1 Å². The van der Waals surface area contributed by atoms with Gasteiger partial charge in [0.15, 0.2) is 5.13 Å². The van der Waals surface area contributed by atoms with Crippen LogP contribution in [0.25, 0.3) is 0 Å². The van der Waals surface area contributed by atoms with Crippen LogP contribution in [0.1, 0.15) is 41.8 Å². The van der Waals surface area contributed by atoms with Crippen molar-refractivity contribution in [3.05, 3.63) is 40.4 Å². The first-order valence-corrected chi connectivity index (χ1v) is 12.3. The number of carbonyl (C=O) groups is 2. The molecular formula is C24H30N4O2S. The minimum atomic E-state index is -0.00161. The topological polar surface area (TPSA) is 65.5 Å². The highest BCUT2D eigenvalue weighted by molar-refractivity contribution is 7.15. The quantitative estimate of drug-likeness (QED) is 0.792. The number of aryl methyl sites for hydroxylation is 2. The molecule has 31 heavy (non-hydrogen) atoms. The van der Waals surface area contributed by atoms with Crippen molar-refractivity contribution in [2.24, 2.45) is 11.8 Å². The summed E-state index contributed by atoms with van der Waals surface area (Å²) < 4.78 is 0. The molecule has 3 aliphatic rings. The fourth-order valence-corrected chi connectivity index (χ4v) is 5.96. The van der Waals surface area contributed by atoms with Crippen molar-refractivity contribution in [1.82, 2.24) is 9.88 Å². The van der Waals surface area contributed by atoms with Crippen LogP contribution in [-0.2, 0) is 22.4 Å². The van der Waals surface area contributed by atoms with Crippen molar-refractivity contribution in [3.63, 3.8) is 0 Å². The number of carbonyl (C=O) groups excluding carboxylic acids is 2. The predicted molar refractivity (Wildman–Crippen MR) is 124 cm³/mol. The van der Waals surface area contributed by atoms with E-state index in [9.17, 15) is 9.59 Å². The summed E-state index contributed by atoms with van der Waals surface area (Å²) in [6.45, 7) is 5.32. The van der Waals surface area contributed by atoms with E-state index in [2.05, 4.69) is 10.2 Å². The molecule has 1 atom stereocenters. The number of benzene rings is 1. The van der Waals surface area contributed by atoms with Crippen LogP contribution in [0.2, 0.25) is 0 Å². The lowest BCUT2D eigenvalue weighted by molar-refractivity contribution is -0.138. The molecule has 5 rings (SSSR count). The van der Waals surface area contributed by atoms with Gasteiger partial charge in [0, 0.05) is 48.6 Å². The van der Waals surface area contributed by atoms with Crippen LogP contribution in [0.15, 0.2) is 24.3 Å². The highest BCUT2D eigenvalue weighted by Gasteiger charge is 2.33. The Morgan fingerprint density at radius 2 is 1.90 bits per heavy atom. The van der Waals surface area contributed by atoms with E-state index in [-0.39, 0.29) is 17.7 Å². The van der Waals surface area contributed by atoms with Gasteiger partial charge in [0.05, 0.1) is 5.69 Å². The molecule has 2 aliphatic carbocycles. The second kappa shape index (κ2) is 8.61. The first-order valence-electron chi connectivity index (χ1n) is 11.5. The van der Waals surface area contributed by atoms with Gasteiger partial charge in [-0.3, -0.25) is 9.59 Å². The summed E-state index contributed by atoms with van der Waals surface area (Å²) in [5.74, 6) is 0.737. The van der Waals surface area contributed by atoms with Gasteiger partial charge in [-0.1, -0.05) is 18.6 Å². The zero-order chi connectivity index (χ0) is 21.4. The van der Waals surface area contributed by atoms with E-state index in [1.807, 2.05) is 36.1 Å². The van der Waals surface area contributed by atoms with Gasteiger partial charge in [-0.05, 0) is 56.7 Å². The number of nitrogens with zero attached hydrogens (tertiary/aromatic N) is 3. The van der Waals surface area contributed by atoms with Crippen LogP contribution >= 0.6 is 11.3 Å². The van der Waals surface area contributed by atoms with E-state index in [1.54, 1.807) is 11.3 Å². The van der Waals surface area contributed by atoms with Crippen LogP contribution in [0.4, 0.5) is 10.8 Å². The second-order valence-electron chi connectivity index (χ2n) is 9.10. The van der Waals surface area contributed by atoms with E-state index in [1.165, 1.54) is 11.3 Å². The van der Waals surface area contributed by atoms with Gasteiger partial charge in [0.2, 0.25) is 11.8 Å². The monoisotopic (exact) mass is 438 g/mol. The van der Waals surface area contributed by atoms with Gasteiger partial charge in [-0.2, -0.15) is 0 Å². The molecule has 6 nitrogen and oxygen atoms in total. The summed E-state index contributed by atoms with van der Waals surface area (Å²) in [6.07, 6.45) is 5.80.